The van der Waals surface area contributed by atoms with Gasteiger partial charge in [-0.3, -0.25) is 15.0 Å². The number of nitrogens with zero attached hydrogens (tertiary/aromatic N) is 3. The molecule has 0 unspecified atom stereocenters. The van der Waals surface area contributed by atoms with Gasteiger partial charge in [0.1, 0.15) is 0 Å². The number of aromatic nitrogens is 2. The van der Waals surface area contributed by atoms with E-state index in [1.165, 1.54) is 25.3 Å². The second kappa shape index (κ2) is 14.3. The summed E-state index contributed by atoms with van der Waals surface area (Å²) in [7, 11) is 2.98. The summed E-state index contributed by atoms with van der Waals surface area (Å²) in [6.07, 6.45) is 8.80. The van der Waals surface area contributed by atoms with E-state index in [2.05, 4.69) is 47.0 Å². The third kappa shape index (κ3) is 8.19. The number of hydrogen-bond donors (Lipinski definition) is 0. The van der Waals surface area contributed by atoms with E-state index >= 15 is 0 Å². The largest absolute Gasteiger partial charge is 2.00 e. The van der Waals surface area contributed by atoms with Crippen LogP contribution < -0.4 is 19.7 Å². The molecule has 1 aromatic heterocycles. The number of benzene rings is 2. The van der Waals surface area contributed by atoms with Gasteiger partial charge in [0, 0.05) is 12.4 Å². The van der Waals surface area contributed by atoms with Crippen LogP contribution in [-0.2, 0) is 40.2 Å². The molecule has 0 spiro atoms. The smallest absolute Gasteiger partial charge is 0.873 e. The molecule has 0 fully saturated rings. The summed E-state index contributed by atoms with van der Waals surface area (Å²) in [5, 5.41) is 25.0. The Morgan fingerprint density at radius 2 is 1.28 bits per heavy atom. The molecule has 0 atom stereocenters. The summed E-state index contributed by atoms with van der Waals surface area (Å²) < 4.78 is 10.8. The average molecular weight is 578 g/mol. The summed E-state index contributed by atoms with van der Waals surface area (Å²) in [6, 6.07) is 6.35. The predicted molar refractivity (Wildman–Crippen MR) is 150 cm³/mol. The molecule has 7 nitrogen and oxygen atoms in total. The first-order chi connectivity index (χ1) is 17.8. The van der Waals surface area contributed by atoms with E-state index < -0.39 is 22.3 Å². The van der Waals surface area contributed by atoms with E-state index in [1.54, 1.807) is 24.8 Å². The zero-order valence-corrected chi connectivity index (χ0v) is 25.7. The van der Waals surface area contributed by atoms with Crippen LogP contribution in [-0.4, -0.2) is 30.4 Å². The van der Waals surface area contributed by atoms with Crippen LogP contribution in [0.25, 0.3) is 0 Å². The van der Waals surface area contributed by atoms with Crippen molar-refractivity contribution < 1.29 is 36.2 Å². The molecule has 214 valence electrons. The van der Waals surface area contributed by atoms with E-state index in [0.717, 1.165) is 24.2 Å². The molecule has 0 saturated carbocycles. The molecule has 3 aromatic rings. The van der Waals surface area contributed by atoms with Crippen molar-refractivity contribution in [3.05, 3.63) is 64.7 Å². The minimum Gasteiger partial charge on any atom is -0.873 e. The molecule has 39 heavy (non-hydrogen) atoms. The Bertz CT molecular complexity index is 1180. The average Bonchev–Trinajstić information content (AvgIpc) is 2.87. The van der Waals surface area contributed by atoms with Gasteiger partial charge < -0.3 is 19.7 Å². The van der Waals surface area contributed by atoms with Crippen LogP contribution in [0.1, 0.15) is 83.3 Å². The van der Waals surface area contributed by atoms with Crippen molar-refractivity contribution in [2.45, 2.75) is 79.1 Å². The molecular weight excluding hydrogens is 537 g/mol. The van der Waals surface area contributed by atoms with Crippen LogP contribution in [0.2, 0.25) is 0 Å². The van der Waals surface area contributed by atoms with Crippen molar-refractivity contribution in [2.75, 3.05) is 14.2 Å². The molecule has 1 heterocycles. The second-order valence-electron chi connectivity index (χ2n) is 11.0. The van der Waals surface area contributed by atoms with Gasteiger partial charge in [-0.15, -0.1) is 11.5 Å². The van der Waals surface area contributed by atoms with Crippen LogP contribution in [0.4, 0.5) is 5.69 Å². The molecule has 3 rings (SSSR count). The molecule has 0 aliphatic carbocycles. The number of aryl methyl sites for hydroxylation is 2. The fourth-order valence-corrected chi connectivity index (χ4v) is 4.30. The Balaban J connectivity index is 0.000000382. The van der Waals surface area contributed by atoms with E-state index in [1.807, 2.05) is 41.5 Å². The van der Waals surface area contributed by atoms with Crippen molar-refractivity contribution >= 4 is 11.9 Å². The number of aliphatic imine (C=N–C) groups is 1. The van der Waals surface area contributed by atoms with E-state index in [4.69, 9.17) is 9.47 Å². The van der Waals surface area contributed by atoms with Crippen molar-refractivity contribution in [3.63, 3.8) is 0 Å². The van der Waals surface area contributed by atoms with Crippen molar-refractivity contribution in [3.8, 4) is 23.0 Å². The van der Waals surface area contributed by atoms with Crippen LogP contribution >= 0.6 is 0 Å². The SMILES string of the molecule is CCc1cccc(CC)c1N=Cc1cnccn1.COc1c(OC)c(C(C)(C)C)c([O-])c([O-])c1C(C)(C)C.[Ni+2]. The van der Waals surface area contributed by atoms with Gasteiger partial charge in [-0.1, -0.05) is 73.6 Å². The maximum absolute atomic E-state index is 12.5. The number of methoxy groups -OCH3 is 2. The van der Waals surface area contributed by atoms with Gasteiger partial charge in [0.2, 0.25) is 0 Å². The Labute approximate surface area is 243 Å². The Morgan fingerprint density at radius 3 is 1.62 bits per heavy atom. The number of rotatable bonds is 6. The molecule has 0 amide bonds. The van der Waals surface area contributed by atoms with Gasteiger partial charge in [-0.25, -0.2) is 0 Å². The van der Waals surface area contributed by atoms with E-state index in [0.29, 0.717) is 22.6 Å². The van der Waals surface area contributed by atoms with Crippen molar-refractivity contribution in [2.24, 2.45) is 4.99 Å². The van der Waals surface area contributed by atoms with Crippen LogP contribution in [0, 0.1) is 0 Å². The molecule has 0 saturated heterocycles. The van der Waals surface area contributed by atoms with Gasteiger partial charge in [0.05, 0.1) is 38.0 Å². The minimum absolute atomic E-state index is 0. The van der Waals surface area contributed by atoms with E-state index in [-0.39, 0.29) is 16.5 Å². The van der Waals surface area contributed by atoms with Gasteiger partial charge in [0.15, 0.2) is 11.5 Å². The first-order valence-corrected chi connectivity index (χ1v) is 12.9. The molecule has 8 heteroatoms. The predicted octanol–water partition coefficient (Wildman–Crippen LogP) is 5.80. The van der Waals surface area contributed by atoms with Crippen LogP contribution in [0.15, 0.2) is 41.8 Å². The summed E-state index contributed by atoms with van der Waals surface area (Å²) in [4.78, 5) is 12.8. The molecule has 0 aliphatic heterocycles. The monoisotopic (exact) mass is 577 g/mol. The number of ether oxygens (including phenoxy) is 2. The molecule has 0 radical (unpaired) electrons. The van der Waals surface area contributed by atoms with Gasteiger partial charge in [0.25, 0.3) is 0 Å². The quantitative estimate of drug-likeness (QED) is 0.271. The van der Waals surface area contributed by atoms with Crippen molar-refractivity contribution in [1.82, 2.24) is 9.97 Å². The second-order valence-corrected chi connectivity index (χ2v) is 11.0. The Morgan fingerprint density at radius 1 is 0.821 bits per heavy atom. The maximum Gasteiger partial charge on any atom is 2.00 e. The zero-order chi connectivity index (χ0) is 28.7. The Hall–Kier alpha value is -3.12. The van der Waals surface area contributed by atoms with Gasteiger partial charge in [-0.05, 0) is 45.9 Å². The molecule has 0 aliphatic rings. The fourth-order valence-electron chi connectivity index (χ4n) is 4.30. The molecule has 2 aromatic carbocycles. The third-order valence-electron chi connectivity index (χ3n) is 6.10. The van der Waals surface area contributed by atoms with Crippen LogP contribution in [0.3, 0.4) is 0 Å². The number of hydrogen-bond acceptors (Lipinski definition) is 7. The summed E-state index contributed by atoms with van der Waals surface area (Å²) in [6.45, 7) is 15.6. The summed E-state index contributed by atoms with van der Waals surface area (Å²) in [5.74, 6) is -0.260. The fraction of sp³-hybridized carbons (Fsp3) is 0.452. The topological polar surface area (TPSA) is 103 Å². The normalized spacial score (nSPS) is 11.4. The van der Waals surface area contributed by atoms with Gasteiger partial charge >= 0.3 is 16.5 Å². The van der Waals surface area contributed by atoms with Crippen molar-refractivity contribution in [1.29, 1.82) is 0 Å². The standard InChI is InChI=1S/C16H26O4.C15H17N3.Ni/c1-15(2,3)9-11(17)12(18)10(16(4,5)6)14(20-8)13(9)19-7;1-3-12-6-5-7-13(4-2)15(12)18-11-14-10-16-8-9-17-14;/h17-18H,1-8H3;5-11H,3-4H2,1-2H3;/q;;+2/p-2. The zero-order valence-electron chi connectivity index (χ0n) is 24.7. The minimum atomic E-state index is -0.500. The molecule has 0 bridgehead atoms. The number of para-hydroxylation sites is 1. The first-order valence-electron chi connectivity index (χ1n) is 12.9. The van der Waals surface area contributed by atoms with Crippen LogP contribution in [0.5, 0.6) is 23.0 Å². The van der Waals surface area contributed by atoms with Gasteiger partial charge in [-0.2, -0.15) is 0 Å². The first kappa shape index (κ1) is 33.9. The summed E-state index contributed by atoms with van der Waals surface area (Å²) in [5.41, 5.74) is 4.16. The van der Waals surface area contributed by atoms with E-state index in [9.17, 15) is 10.2 Å². The molecular formula is C31H41N3NiO4. The maximum atomic E-state index is 12.5. The molecule has 0 N–H and O–H groups in total. The third-order valence-corrected chi connectivity index (χ3v) is 6.10. The summed E-state index contributed by atoms with van der Waals surface area (Å²) >= 11 is 0. The Kier molecular flexibility index (Phi) is 12.5.